The summed E-state index contributed by atoms with van der Waals surface area (Å²) in [4.78, 5) is 21.1. The molecular weight excluding hydrogens is 336 g/mol. The van der Waals surface area contributed by atoms with E-state index in [0.29, 0.717) is 5.69 Å². The number of piperazine rings is 1. The molecule has 5 nitrogen and oxygen atoms in total. The number of aromatic nitrogens is 1. The van der Waals surface area contributed by atoms with Crippen LogP contribution in [0.25, 0.3) is 0 Å². The molecule has 25 heavy (non-hydrogen) atoms. The molecule has 1 aromatic heterocycles. The van der Waals surface area contributed by atoms with Gasteiger partial charge in [0.15, 0.2) is 0 Å². The first-order chi connectivity index (χ1) is 12.1. The lowest BCUT2D eigenvalue weighted by Gasteiger charge is -2.33. The van der Waals surface area contributed by atoms with E-state index in [0.717, 1.165) is 54.7 Å². The number of hydrogen-bond acceptors (Lipinski definition) is 4. The van der Waals surface area contributed by atoms with Crippen LogP contribution in [0.2, 0.25) is 5.02 Å². The van der Waals surface area contributed by atoms with Gasteiger partial charge in [0.05, 0.1) is 11.9 Å². The molecular formula is C19H23ClN4O. The number of rotatable bonds is 4. The summed E-state index contributed by atoms with van der Waals surface area (Å²) in [5, 5.41) is 4.01. The van der Waals surface area contributed by atoms with Crippen molar-refractivity contribution >= 4 is 28.9 Å². The molecule has 2 heterocycles. The molecule has 1 fully saturated rings. The summed E-state index contributed by atoms with van der Waals surface area (Å²) in [7, 11) is 0. The van der Waals surface area contributed by atoms with E-state index in [1.165, 1.54) is 0 Å². The molecule has 0 saturated carbocycles. The van der Waals surface area contributed by atoms with Crippen molar-refractivity contribution in [3.05, 3.63) is 52.8 Å². The van der Waals surface area contributed by atoms with Crippen LogP contribution in [0.3, 0.4) is 0 Å². The van der Waals surface area contributed by atoms with Crippen LogP contribution in [0.1, 0.15) is 23.0 Å². The molecule has 3 rings (SSSR count). The van der Waals surface area contributed by atoms with E-state index in [9.17, 15) is 4.79 Å². The van der Waals surface area contributed by atoms with Gasteiger partial charge in [-0.05, 0) is 43.3 Å². The SMILES string of the molecule is CCN1CCN(C(=O)c2ccc(Nc3cccc(Cl)c3C)cn2)CC1. The maximum atomic E-state index is 12.6. The first-order valence-corrected chi connectivity index (χ1v) is 8.96. The van der Waals surface area contributed by atoms with E-state index in [1.54, 1.807) is 12.3 Å². The van der Waals surface area contributed by atoms with Crippen molar-refractivity contribution < 1.29 is 4.79 Å². The van der Waals surface area contributed by atoms with Gasteiger partial charge >= 0.3 is 0 Å². The zero-order valence-electron chi connectivity index (χ0n) is 14.6. The summed E-state index contributed by atoms with van der Waals surface area (Å²) in [6.07, 6.45) is 1.69. The molecule has 2 aromatic rings. The fourth-order valence-electron chi connectivity index (χ4n) is 2.92. The first kappa shape index (κ1) is 17.7. The predicted molar refractivity (Wildman–Crippen MR) is 102 cm³/mol. The first-order valence-electron chi connectivity index (χ1n) is 8.58. The number of carbonyl (C=O) groups is 1. The van der Waals surface area contributed by atoms with Gasteiger partial charge in [-0.25, -0.2) is 4.98 Å². The molecule has 1 aliphatic rings. The number of amides is 1. The average Bonchev–Trinajstić information content (AvgIpc) is 2.65. The van der Waals surface area contributed by atoms with Crippen LogP contribution in [0.4, 0.5) is 11.4 Å². The number of benzene rings is 1. The number of hydrogen-bond donors (Lipinski definition) is 1. The summed E-state index contributed by atoms with van der Waals surface area (Å²) >= 11 is 6.14. The van der Waals surface area contributed by atoms with Crippen molar-refractivity contribution in [1.82, 2.24) is 14.8 Å². The van der Waals surface area contributed by atoms with Crippen molar-refractivity contribution in [2.75, 3.05) is 38.0 Å². The zero-order chi connectivity index (χ0) is 17.8. The number of nitrogens with zero attached hydrogens (tertiary/aromatic N) is 3. The summed E-state index contributed by atoms with van der Waals surface area (Å²) in [6.45, 7) is 8.51. The quantitative estimate of drug-likeness (QED) is 0.907. The van der Waals surface area contributed by atoms with Crippen molar-refractivity contribution in [3.8, 4) is 0 Å². The highest BCUT2D eigenvalue weighted by Gasteiger charge is 2.22. The van der Waals surface area contributed by atoms with E-state index in [4.69, 9.17) is 11.6 Å². The topological polar surface area (TPSA) is 48.5 Å². The fourth-order valence-corrected chi connectivity index (χ4v) is 3.10. The predicted octanol–water partition coefficient (Wildman–Crippen LogP) is 3.56. The lowest BCUT2D eigenvalue weighted by molar-refractivity contribution is 0.0637. The zero-order valence-corrected chi connectivity index (χ0v) is 15.4. The van der Waals surface area contributed by atoms with Gasteiger partial charge in [-0.2, -0.15) is 0 Å². The Morgan fingerprint density at radius 1 is 1.20 bits per heavy atom. The van der Waals surface area contributed by atoms with Crippen molar-refractivity contribution in [2.24, 2.45) is 0 Å². The molecule has 1 aromatic carbocycles. The molecule has 0 aliphatic carbocycles. The van der Waals surface area contributed by atoms with Gasteiger partial charge < -0.3 is 15.1 Å². The standard InChI is InChI=1S/C19H23ClN4O/c1-3-23-9-11-24(12-10-23)19(25)18-8-7-15(13-21-18)22-17-6-4-5-16(20)14(17)2/h4-8,13,22H,3,9-12H2,1-2H3. The van der Waals surface area contributed by atoms with E-state index >= 15 is 0 Å². The minimum absolute atomic E-state index is 0.00115. The second-order valence-corrected chi connectivity index (χ2v) is 6.60. The highest BCUT2D eigenvalue weighted by atomic mass is 35.5. The Labute approximate surface area is 153 Å². The van der Waals surface area contributed by atoms with Crippen LogP contribution >= 0.6 is 11.6 Å². The van der Waals surface area contributed by atoms with E-state index in [-0.39, 0.29) is 5.91 Å². The maximum absolute atomic E-state index is 12.6. The molecule has 0 atom stereocenters. The number of nitrogens with one attached hydrogen (secondary N) is 1. The molecule has 1 N–H and O–H groups in total. The van der Waals surface area contributed by atoms with Crippen LogP contribution in [-0.2, 0) is 0 Å². The summed E-state index contributed by atoms with van der Waals surface area (Å²) < 4.78 is 0. The van der Waals surface area contributed by atoms with Gasteiger partial charge in [0.2, 0.25) is 0 Å². The van der Waals surface area contributed by atoms with Gasteiger partial charge in [-0.1, -0.05) is 24.6 Å². The monoisotopic (exact) mass is 358 g/mol. The van der Waals surface area contributed by atoms with Gasteiger partial charge in [0, 0.05) is 36.9 Å². The Bertz CT molecular complexity index is 740. The number of likely N-dealkylation sites (N-methyl/N-ethyl adjacent to an activating group) is 1. The van der Waals surface area contributed by atoms with Gasteiger partial charge in [0.1, 0.15) is 5.69 Å². The Balaban J connectivity index is 1.66. The molecule has 6 heteroatoms. The molecule has 0 unspecified atom stereocenters. The third-order valence-electron chi connectivity index (χ3n) is 4.64. The van der Waals surface area contributed by atoms with Crippen LogP contribution < -0.4 is 5.32 Å². The fraction of sp³-hybridized carbons (Fsp3) is 0.368. The average molecular weight is 359 g/mol. The molecule has 0 bridgehead atoms. The van der Waals surface area contributed by atoms with Crippen LogP contribution in [0.5, 0.6) is 0 Å². The minimum Gasteiger partial charge on any atom is -0.354 e. The van der Waals surface area contributed by atoms with Crippen molar-refractivity contribution in [3.63, 3.8) is 0 Å². The Hall–Kier alpha value is -2.11. The molecule has 0 radical (unpaired) electrons. The Morgan fingerprint density at radius 3 is 2.60 bits per heavy atom. The Kier molecular flexibility index (Phi) is 5.56. The third-order valence-corrected chi connectivity index (χ3v) is 5.05. The van der Waals surface area contributed by atoms with Crippen LogP contribution in [0.15, 0.2) is 36.5 Å². The Morgan fingerprint density at radius 2 is 1.96 bits per heavy atom. The molecule has 1 saturated heterocycles. The number of anilines is 2. The third kappa shape index (κ3) is 4.11. The van der Waals surface area contributed by atoms with Gasteiger partial charge in [0.25, 0.3) is 5.91 Å². The molecule has 0 spiro atoms. The highest BCUT2D eigenvalue weighted by molar-refractivity contribution is 6.31. The number of carbonyl (C=O) groups excluding carboxylic acids is 1. The number of pyridine rings is 1. The lowest BCUT2D eigenvalue weighted by Crippen LogP contribution is -2.48. The largest absolute Gasteiger partial charge is 0.354 e. The van der Waals surface area contributed by atoms with Crippen LogP contribution in [0, 0.1) is 6.92 Å². The smallest absolute Gasteiger partial charge is 0.272 e. The van der Waals surface area contributed by atoms with E-state index in [1.807, 2.05) is 36.1 Å². The van der Waals surface area contributed by atoms with Crippen molar-refractivity contribution in [1.29, 1.82) is 0 Å². The second kappa shape index (κ2) is 7.85. The van der Waals surface area contributed by atoms with E-state index < -0.39 is 0 Å². The van der Waals surface area contributed by atoms with E-state index in [2.05, 4.69) is 22.1 Å². The summed E-state index contributed by atoms with van der Waals surface area (Å²) in [6, 6.07) is 9.38. The molecule has 1 amide bonds. The number of halogens is 1. The lowest BCUT2D eigenvalue weighted by atomic mass is 10.2. The van der Waals surface area contributed by atoms with Gasteiger partial charge in [-0.15, -0.1) is 0 Å². The van der Waals surface area contributed by atoms with Gasteiger partial charge in [-0.3, -0.25) is 4.79 Å². The second-order valence-electron chi connectivity index (χ2n) is 6.20. The molecule has 132 valence electrons. The maximum Gasteiger partial charge on any atom is 0.272 e. The highest BCUT2D eigenvalue weighted by Crippen LogP contribution is 2.26. The van der Waals surface area contributed by atoms with Crippen molar-refractivity contribution in [2.45, 2.75) is 13.8 Å². The molecule has 1 aliphatic heterocycles. The minimum atomic E-state index is 0.00115. The summed E-state index contributed by atoms with van der Waals surface area (Å²) in [5.74, 6) is 0.00115. The van der Waals surface area contributed by atoms with Crippen LogP contribution in [-0.4, -0.2) is 53.4 Å². The normalized spacial score (nSPS) is 15.2. The summed E-state index contributed by atoms with van der Waals surface area (Å²) in [5.41, 5.74) is 3.23.